The molecule has 0 spiro atoms. The molecule has 0 amide bonds. The van der Waals surface area contributed by atoms with E-state index in [1.165, 1.54) is 38.5 Å². The molecule has 3 atom stereocenters. The molecular weight excluding hydrogens is 158 g/mol. The van der Waals surface area contributed by atoms with E-state index in [2.05, 4.69) is 13.8 Å². The number of rotatable bonds is 2. The molecule has 2 rings (SSSR count). The standard InChI is InChI=1S/C12H23N/c1-9-4-3-5-10(8-9)11(13)12(2)6-7-12/h9-11H,3-8,13H2,1-2H3. The monoisotopic (exact) mass is 181 g/mol. The summed E-state index contributed by atoms with van der Waals surface area (Å²) in [6, 6.07) is 0.496. The molecule has 2 N–H and O–H groups in total. The number of hydrogen-bond donors (Lipinski definition) is 1. The van der Waals surface area contributed by atoms with E-state index >= 15 is 0 Å². The predicted molar refractivity (Wildman–Crippen MR) is 56.4 cm³/mol. The Morgan fingerprint density at radius 3 is 2.54 bits per heavy atom. The molecule has 1 heteroatoms. The summed E-state index contributed by atoms with van der Waals surface area (Å²) < 4.78 is 0. The van der Waals surface area contributed by atoms with Gasteiger partial charge >= 0.3 is 0 Å². The average Bonchev–Trinajstić information content (AvgIpc) is 2.84. The molecule has 2 fully saturated rings. The van der Waals surface area contributed by atoms with Crippen molar-refractivity contribution in [1.82, 2.24) is 0 Å². The third-order valence-electron chi connectivity index (χ3n) is 4.33. The van der Waals surface area contributed by atoms with Gasteiger partial charge < -0.3 is 5.73 Å². The van der Waals surface area contributed by atoms with Crippen molar-refractivity contribution in [3.05, 3.63) is 0 Å². The van der Waals surface area contributed by atoms with Gasteiger partial charge in [-0.1, -0.05) is 26.7 Å². The predicted octanol–water partition coefficient (Wildman–Crippen LogP) is 2.94. The van der Waals surface area contributed by atoms with Crippen LogP contribution in [-0.2, 0) is 0 Å². The van der Waals surface area contributed by atoms with Crippen LogP contribution < -0.4 is 5.73 Å². The molecule has 0 aromatic heterocycles. The van der Waals surface area contributed by atoms with E-state index in [0.29, 0.717) is 11.5 Å². The van der Waals surface area contributed by atoms with E-state index in [1.807, 2.05) is 0 Å². The second-order valence-electron chi connectivity index (χ2n) is 5.71. The maximum Gasteiger partial charge on any atom is 0.0121 e. The summed E-state index contributed by atoms with van der Waals surface area (Å²) in [7, 11) is 0. The van der Waals surface area contributed by atoms with E-state index in [1.54, 1.807) is 0 Å². The molecule has 0 radical (unpaired) electrons. The second kappa shape index (κ2) is 3.27. The highest BCUT2D eigenvalue weighted by Gasteiger charge is 2.46. The van der Waals surface area contributed by atoms with Crippen molar-refractivity contribution in [2.24, 2.45) is 23.0 Å². The maximum atomic E-state index is 6.35. The minimum atomic E-state index is 0.496. The van der Waals surface area contributed by atoms with Crippen molar-refractivity contribution in [2.45, 2.75) is 58.4 Å². The molecule has 0 aromatic carbocycles. The molecule has 0 bridgehead atoms. The molecule has 0 heterocycles. The van der Waals surface area contributed by atoms with Gasteiger partial charge in [-0.2, -0.15) is 0 Å². The summed E-state index contributed by atoms with van der Waals surface area (Å²) in [5.74, 6) is 1.75. The fraction of sp³-hybridized carbons (Fsp3) is 1.00. The van der Waals surface area contributed by atoms with Crippen molar-refractivity contribution in [3.8, 4) is 0 Å². The topological polar surface area (TPSA) is 26.0 Å². The Hall–Kier alpha value is -0.0400. The van der Waals surface area contributed by atoms with Crippen molar-refractivity contribution in [3.63, 3.8) is 0 Å². The van der Waals surface area contributed by atoms with Gasteiger partial charge in [-0.25, -0.2) is 0 Å². The summed E-state index contributed by atoms with van der Waals surface area (Å²) in [4.78, 5) is 0. The fourth-order valence-electron chi connectivity index (χ4n) is 2.91. The zero-order valence-electron chi connectivity index (χ0n) is 9.05. The van der Waals surface area contributed by atoms with E-state index in [9.17, 15) is 0 Å². The highest BCUT2D eigenvalue weighted by molar-refractivity contribution is 5.00. The summed E-state index contributed by atoms with van der Waals surface area (Å²) in [5.41, 5.74) is 6.88. The van der Waals surface area contributed by atoms with Crippen LogP contribution in [0.5, 0.6) is 0 Å². The highest BCUT2D eigenvalue weighted by atomic mass is 14.7. The second-order valence-corrected chi connectivity index (χ2v) is 5.71. The van der Waals surface area contributed by atoms with Crippen LogP contribution in [0.1, 0.15) is 52.4 Å². The van der Waals surface area contributed by atoms with E-state index < -0.39 is 0 Å². The Balaban J connectivity index is 1.91. The third-order valence-corrected chi connectivity index (χ3v) is 4.33. The minimum absolute atomic E-state index is 0.496. The van der Waals surface area contributed by atoms with Gasteiger partial charge in [-0.3, -0.25) is 0 Å². The molecule has 2 saturated carbocycles. The van der Waals surface area contributed by atoms with Crippen LogP contribution in [0, 0.1) is 17.3 Å². The van der Waals surface area contributed by atoms with Crippen LogP contribution in [-0.4, -0.2) is 6.04 Å². The van der Waals surface area contributed by atoms with Gasteiger partial charge in [-0.05, 0) is 42.9 Å². The Kier molecular flexibility index (Phi) is 2.39. The average molecular weight is 181 g/mol. The molecule has 13 heavy (non-hydrogen) atoms. The lowest BCUT2D eigenvalue weighted by molar-refractivity contribution is 0.202. The van der Waals surface area contributed by atoms with Crippen molar-refractivity contribution < 1.29 is 0 Å². The largest absolute Gasteiger partial charge is 0.327 e. The molecule has 76 valence electrons. The van der Waals surface area contributed by atoms with Gasteiger partial charge in [0.2, 0.25) is 0 Å². The minimum Gasteiger partial charge on any atom is -0.327 e. The molecule has 3 unspecified atom stereocenters. The Morgan fingerprint density at radius 2 is 2.00 bits per heavy atom. The summed E-state index contributed by atoms with van der Waals surface area (Å²) in [5, 5.41) is 0. The first-order valence-corrected chi connectivity index (χ1v) is 5.87. The van der Waals surface area contributed by atoms with Gasteiger partial charge in [0, 0.05) is 6.04 Å². The summed E-state index contributed by atoms with van der Waals surface area (Å²) >= 11 is 0. The van der Waals surface area contributed by atoms with Crippen LogP contribution in [0.4, 0.5) is 0 Å². The van der Waals surface area contributed by atoms with Gasteiger partial charge in [0.1, 0.15) is 0 Å². The van der Waals surface area contributed by atoms with Crippen LogP contribution in [0.15, 0.2) is 0 Å². The summed E-state index contributed by atoms with van der Waals surface area (Å²) in [6.45, 7) is 4.76. The molecule has 1 nitrogen and oxygen atoms in total. The first kappa shape index (κ1) is 9.51. The van der Waals surface area contributed by atoms with Gasteiger partial charge in [0.25, 0.3) is 0 Å². The van der Waals surface area contributed by atoms with E-state index in [4.69, 9.17) is 5.73 Å². The molecular formula is C12H23N. The molecule has 0 aliphatic heterocycles. The highest BCUT2D eigenvalue weighted by Crippen LogP contribution is 2.51. The van der Waals surface area contributed by atoms with Crippen LogP contribution in [0.3, 0.4) is 0 Å². The van der Waals surface area contributed by atoms with E-state index in [-0.39, 0.29) is 0 Å². The first-order valence-electron chi connectivity index (χ1n) is 5.87. The number of hydrogen-bond acceptors (Lipinski definition) is 1. The summed E-state index contributed by atoms with van der Waals surface area (Å²) in [6.07, 6.45) is 8.37. The Labute approximate surface area is 82.1 Å². The Morgan fingerprint density at radius 1 is 1.31 bits per heavy atom. The van der Waals surface area contributed by atoms with Gasteiger partial charge in [-0.15, -0.1) is 0 Å². The first-order chi connectivity index (χ1) is 6.12. The van der Waals surface area contributed by atoms with E-state index in [0.717, 1.165) is 11.8 Å². The third kappa shape index (κ3) is 1.90. The zero-order valence-corrected chi connectivity index (χ0v) is 9.05. The van der Waals surface area contributed by atoms with Gasteiger partial charge in [0.15, 0.2) is 0 Å². The lowest BCUT2D eigenvalue weighted by Crippen LogP contribution is -2.39. The molecule has 0 aromatic rings. The van der Waals surface area contributed by atoms with Crippen LogP contribution in [0.25, 0.3) is 0 Å². The smallest absolute Gasteiger partial charge is 0.0121 e. The lowest BCUT2D eigenvalue weighted by atomic mass is 9.74. The van der Waals surface area contributed by atoms with Gasteiger partial charge in [0.05, 0.1) is 0 Å². The number of nitrogens with two attached hydrogens (primary N) is 1. The zero-order chi connectivity index (χ0) is 9.47. The van der Waals surface area contributed by atoms with Crippen LogP contribution >= 0.6 is 0 Å². The lowest BCUT2D eigenvalue weighted by Gasteiger charge is -2.34. The molecule has 2 aliphatic carbocycles. The Bertz CT molecular complexity index is 184. The van der Waals surface area contributed by atoms with Crippen LogP contribution in [0.2, 0.25) is 0 Å². The fourth-order valence-corrected chi connectivity index (χ4v) is 2.91. The van der Waals surface area contributed by atoms with Crippen molar-refractivity contribution >= 4 is 0 Å². The maximum absolute atomic E-state index is 6.35. The molecule has 0 saturated heterocycles. The van der Waals surface area contributed by atoms with Crippen molar-refractivity contribution in [1.29, 1.82) is 0 Å². The van der Waals surface area contributed by atoms with Crippen molar-refractivity contribution in [2.75, 3.05) is 0 Å². The normalized spacial score (nSPS) is 39.9. The SMILES string of the molecule is CC1CCCC(C(N)C2(C)CC2)C1. The quantitative estimate of drug-likeness (QED) is 0.696. The molecule has 2 aliphatic rings.